The molecule has 5 heteroatoms. The summed E-state index contributed by atoms with van der Waals surface area (Å²) in [6, 6.07) is 6.69. The topological polar surface area (TPSA) is 29.5 Å². The fourth-order valence-electron chi connectivity index (χ4n) is 2.69. The third kappa shape index (κ3) is 2.04. The molecule has 2 heterocycles. The number of hydrogen-bond acceptors (Lipinski definition) is 4. The van der Waals surface area contributed by atoms with E-state index in [4.69, 9.17) is 11.9 Å². The number of thiophene rings is 1. The molecule has 0 aliphatic carbocycles. The van der Waals surface area contributed by atoms with Gasteiger partial charge in [0.25, 0.3) is 0 Å². The van der Waals surface area contributed by atoms with E-state index in [9.17, 15) is 4.79 Å². The SMILES string of the molecule is CC1Cc2cccc3sc(C(=O)OCl)c(c23)CN1C. The highest BCUT2D eigenvalue weighted by atomic mass is 35.5. The number of hydrogen-bond donors (Lipinski definition) is 0. The molecule has 1 aromatic heterocycles. The fraction of sp³-hybridized carbons (Fsp3) is 0.357. The summed E-state index contributed by atoms with van der Waals surface area (Å²) < 4.78 is 5.53. The largest absolute Gasteiger partial charge is 0.366 e. The van der Waals surface area contributed by atoms with E-state index in [0.29, 0.717) is 10.9 Å². The first-order valence-electron chi connectivity index (χ1n) is 6.18. The molecule has 1 aliphatic rings. The standard InChI is InChI=1S/C14H14ClNO2S/c1-8-6-9-4-3-5-11-12(9)10(7-16(8)2)13(19-11)14(17)18-15/h3-5,8H,6-7H2,1-2H3. The molecule has 1 aromatic carbocycles. The molecule has 0 saturated carbocycles. The number of nitrogens with zero attached hydrogens (tertiary/aromatic N) is 1. The van der Waals surface area contributed by atoms with E-state index in [1.807, 2.05) is 12.1 Å². The Morgan fingerprint density at radius 2 is 2.32 bits per heavy atom. The monoisotopic (exact) mass is 295 g/mol. The van der Waals surface area contributed by atoms with Crippen molar-refractivity contribution in [3.05, 3.63) is 34.2 Å². The Balaban J connectivity index is 2.28. The second-order valence-corrected chi connectivity index (χ2v) is 6.24. The molecule has 0 fully saturated rings. The van der Waals surface area contributed by atoms with E-state index in [0.717, 1.165) is 23.2 Å². The van der Waals surface area contributed by atoms with Gasteiger partial charge in [-0.15, -0.1) is 11.3 Å². The summed E-state index contributed by atoms with van der Waals surface area (Å²) in [5.41, 5.74) is 2.35. The van der Waals surface area contributed by atoms with Gasteiger partial charge in [0.2, 0.25) is 0 Å². The molecule has 0 amide bonds. The maximum absolute atomic E-state index is 11.8. The van der Waals surface area contributed by atoms with Crippen LogP contribution in [0.2, 0.25) is 0 Å². The van der Waals surface area contributed by atoms with E-state index >= 15 is 0 Å². The van der Waals surface area contributed by atoms with Crippen molar-refractivity contribution < 1.29 is 9.08 Å². The van der Waals surface area contributed by atoms with Crippen molar-refractivity contribution in [3.63, 3.8) is 0 Å². The third-order valence-corrected chi connectivity index (χ3v) is 5.15. The number of benzene rings is 1. The van der Waals surface area contributed by atoms with Crippen molar-refractivity contribution in [1.82, 2.24) is 4.90 Å². The highest BCUT2D eigenvalue weighted by molar-refractivity contribution is 7.21. The Morgan fingerprint density at radius 3 is 3.05 bits per heavy atom. The number of likely N-dealkylation sites (N-methyl/N-ethyl adjacent to an activating group) is 1. The maximum Gasteiger partial charge on any atom is 0.366 e. The Bertz CT molecular complexity index is 652. The normalized spacial score (nSPS) is 19.4. The van der Waals surface area contributed by atoms with Crippen LogP contribution in [0.5, 0.6) is 0 Å². The van der Waals surface area contributed by atoms with Crippen molar-refractivity contribution in [1.29, 1.82) is 0 Å². The van der Waals surface area contributed by atoms with E-state index in [1.165, 1.54) is 22.3 Å². The first-order chi connectivity index (χ1) is 9.11. The lowest BCUT2D eigenvalue weighted by Gasteiger charge is -2.22. The molecule has 3 rings (SSSR count). The summed E-state index contributed by atoms with van der Waals surface area (Å²) >= 11 is 6.71. The van der Waals surface area contributed by atoms with E-state index < -0.39 is 5.97 Å². The van der Waals surface area contributed by atoms with Crippen molar-refractivity contribution >= 4 is 39.3 Å². The van der Waals surface area contributed by atoms with Crippen molar-refractivity contribution in [3.8, 4) is 0 Å². The van der Waals surface area contributed by atoms with Gasteiger partial charge in [-0.3, -0.25) is 4.90 Å². The van der Waals surface area contributed by atoms with Crippen LogP contribution in [0.4, 0.5) is 0 Å². The summed E-state index contributed by atoms with van der Waals surface area (Å²) in [6.07, 6.45) is 0.993. The molecular formula is C14H14ClNO2S. The van der Waals surface area contributed by atoms with Crippen LogP contribution in [0.25, 0.3) is 10.1 Å². The molecule has 0 radical (unpaired) electrons. The molecule has 0 N–H and O–H groups in total. The van der Waals surface area contributed by atoms with Crippen LogP contribution in [0, 0.1) is 0 Å². The highest BCUT2D eigenvalue weighted by Crippen LogP contribution is 2.37. The molecular weight excluding hydrogens is 282 g/mol. The van der Waals surface area contributed by atoms with Gasteiger partial charge in [-0.05, 0) is 37.6 Å². The van der Waals surface area contributed by atoms with Crippen LogP contribution in [-0.2, 0) is 17.3 Å². The van der Waals surface area contributed by atoms with Gasteiger partial charge in [-0.1, -0.05) is 12.1 Å². The lowest BCUT2D eigenvalue weighted by atomic mass is 10.0. The van der Waals surface area contributed by atoms with Gasteiger partial charge < -0.3 is 4.29 Å². The zero-order valence-electron chi connectivity index (χ0n) is 10.8. The predicted octanol–water partition coefficient (Wildman–Crippen LogP) is 3.59. The van der Waals surface area contributed by atoms with Crippen molar-refractivity contribution in [2.24, 2.45) is 0 Å². The zero-order valence-corrected chi connectivity index (χ0v) is 12.3. The zero-order chi connectivity index (χ0) is 13.6. The molecule has 1 unspecified atom stereocenters. The summed E-state index contributed by atoms with van der Waals surface area (Å²) in [5.74, 6) is -0.452. The van der Waals surface area contributed by atoms with Gasteiger partial charge in [0, 0.05) is 22.7 Å². The minimum Gasteiger partial charge on any atom is -0.342 e. The average Bonchev–Trinajstić information content (AvgIpc) is 2.71. The summed E-state index contributed by atoms with van der Waals surface area (Å²) in [5, 5.41) is 1.21. The van der Waals surface area contributed by atoms with Gasteiger partial charge in [-0.25, -0.2) is 4.79 Å². The number of carbonyl (C=O) groups excluding carboxylic acids is 1. The van der Waals surface area contributed by atoms with Crippen molar-refractivity contribution in [2.45, 2.75) is 25.9 Å². The first kappa shape index (κ1) is 12.9. The van der Waals surface area contributed by atoms with Crippen LogP contribution < -0.4 is 0 Å². The molecule has 1 aliphatic heterocycles. The lowest BCUT2D eigenvalue weighted by Crippen LogP contribution is -2.29. The minimum atomic E-state index is -0.452. The van der Waals surface area contributed by atoms with Crippen LogP contribution in [0.3, 0.4) is 0 Å². The second-order valence-electron chi connectivity index (χ2n) is 5.03. The lowest BCUT2D eigenvalue weighted by molar-refractivity contribution is 0.0754. The summed E-state index contributed by atoms with van der Waals surface area (Å²) in [7, 11) is 2.08. The van der Waals surface area contributed by atoms with Crippen LogP contribution >= 0.6 is 23.2 Å². The molecule has 19 heavy (non-hydrogen) atoms. The summed E-state index contributed by atoms with van der Waals surface area (Å²) in [6.45, 7) is 2.95. The van der Waals surface area contributed by atoms with E-state index in [1.54, 1.807) is 0 Å². The first-order valence-corrected chi connectivity index (χ1v) is 7.30. The molecule has 100 valence electrons. The maximum atomic E-state index is 11.8. The average molecular weight is 296 g/mol. The number of halogens is 1. The van der Waals surface area contributed by atoms with E-state index in [-0.39, 0.29) is 0 Å². The van der Waals surface area contributed by atoms with Gasteiger partial charge in [0.1, 0.15) is 16.7 Å². The van der Waals surface area contributed by atoms with Crippen LogP contribution in [0.1, 0.15) is 27.7 Å². The molecule has 0 spiro atoms. The predicted molar refractivity (Wildman–Crippen MR) is 77.7 cm³/mol. The summed E-state index contributed by atoms with van der Waals surface area (Å²) in [4.78, 5) is 14.7. The van der Waals surface area contributed by atoms with Crippen LogP contribution in [-0.4, -0.2) is 24.0 Å². The number of carbonyl (C=O) groups is 1. The van der Waals surface area contributed by atoms with Gasteiger partial charge in [-0.2, -0.15) is 0 Å². The molecule has 3 nitrogen and oxygen atoms in total. The van der Waals surface area contributed by atoms with Crippen molar-refractivity contribution in [2.75, 3.05) is 7.05 Å². The Hall–Kier alpha value is -1.10. The fourth-order valence-corrected chi connectivity index (χ4v) is 3.95. The minimum absolute atomic E-state index is 0.447. The molecule has 1 atom stereocenters. The van der Waals surface area contributed by atoms with Gasteiger partial charge >= 0.3 is 5.97 Å². The molecule has 2 aromatic rings. The van der Waals surface area contributed by atoms with Crippen LogP contribution in [0.15, 0.2) is 18.2 Å². The Kier molecular flexibility index (Phi) is 3.25. The molecule has 0 bridgehead atoms. The Morgan fingerprint density at radius 1 is 1.53 bits per heavy atom. The second kappa shape index (κ2) is 4.78. The van der Waals surface area contributed by atoms with Gasteiger partial charge in [0.05, 0.1) is 0 Å². The molecule has 0 saturated heterocycles. The smallest absolute Gasteiger partial charge is 0.342 e. The third-order valence-electron chi connectivity index (χ3n) is 3.83. The van der Waals surface area contributed by atoms with E-state index in [2.05, 4.69) is 29.2 Å². The number of rotatable bonds is 1. The Labute approximate surface area is 120 Å². The van der Waals surface area contributed by atoms with Gasteiger partial charge in [0.15, 0.2) is 0 Å². The quantitative estimate of drug-likeness (QED) is 0.805. The highest BCUT2D eigenvalue weighted by Gasteiger charge is 2.26.